The van der Waals surface area contributed by atoms with E-state index in [0.717, 1.165) is 17.7 Å². The predicted molar refractivity (Wildman–Crippen MR) is 126 cm³/mol. The molecular formula is C27H21F2N3O3. The van der Waals surface area contributed by atoms with E-state index in [1.165, 1.54) is 6.92 Å². The van der Waals surface area contributed by atoms with Crippen LogP contribution >= 0.6 is 0 Å². The number of hydrogen-bond acceptors (Lipinski definition) is 3. The van der Waals surface area contributed by atoms with Crippen LogP contribution < -0.4 is 15.5 Å². The van der Waals surface area contributed by atoms with Crippen LogP contribution in [0.5, 0.6) is 0 Å². The first-order chi connectivity index (χ1) is 16.8. The monoisotopic (exact) mass is 473 g/mol. The van der Waals surface area contributed by atoms with Crippen molar-refractivity contribution in [3.8, 4) is 11.8 Å². The van der Waals surface area contributed by atoms with Crippen LogP contribution in [-0.2, 0) is 16.1 Å². The molecule has 35 heavy (non-hydrogen) atoms. The van der Waals surface area contributed by atoms with Crippen LogP contribution in [0.25, 0.3) is 0 Å². The number of hydrogen-bond donors (Lipinski definition) is 2. The molecule has 1 saturated heterocycles. The minimum atomic E-state index is -1.58. The fraction of sp³-hybridized carbons (Fsp3) is 0.148. The van der Waals surface area contributed by atoms with E-state index in [1.807, 2.05) is 36.4 Å². The smallest absolute Gasteiger partial charge is 0.329 e. The predicted octanol–water partition coefficient (Wildman–Crippen LogP) is 3.89. The maximum absolute atomic E-state index is 14.9. The van der Waals surface area contributed by atoms with Gasteiger partial charge >= 0.3 is 6.03 Å². The van der Waals surface area contributed by atoms with Gasteiger partial charge in [0.05, 0.1) is 6.42 Å². The average Bonchev–Trinajstić information content (AvgIpc) is 2.83. The fourth-order valence-electron chi connectivity index (χ4n) is 3.68. The second-order valence-corrected chi connectivity index (χ2v) is 8.24. The molecule has 1 aliphatic heterocycles. The molecule has 8 heteroatoms. The maximum atomic E-state index is 14.9. The zero-order valence-corrected chi connectivity index (χ0v) is 18.8. The molecule has 0 aromatic heterocycles. The number of rotatable bonds is 4. The number of urea groups is 1. The lowest BCUT2D eigenvalue weighted by Gasteiger charge is -2.37. The molecule has 1 atom stereocenters. The van der Waals surface area contributed by atoms with Gasteiger partial charge in [0.25, 0.3) is 0 Å². The largest absolute Gasteiger partial charge is 0.350 e. The Bertz CT molecular complexity index is 1310. The third-order valence-corrected chi connectivity index (χ3v) is 5.50. The highest BCUT2D eigenvalue weighted by Gasteiger charge is 2.46. The number of halogens is 2. The van der Waals surface area contributed by atoms with E-state index in [0.29, 0.717) is 10.5 Å². The van der Waals surface area contributed by atoms with Crippen molar-refractivity contribution in [1.82, 2.24) is 10.6 Å². The summed E-state index contributed by atoms with van der Waals surface area (Å²) in [7, 11) is 0. The molecule has 0 radical (unpaired) electrons. The Morgan fingerprint density at radius 2 is 1.54 bits per heavy atom. The van der Waals surface area contributed by atoms with Crippen molar-refractivity contribution in [2.45, 2.75) is 25.4 Å². The van der Waals surface area contributed by atoms with Crippen molar-refractivity contribution >= 4 is 23.5 Å². The van der Waals surface area contributed by atoms with Gasteiger partial charge in [-0.25, -0.2) is 18.5 Å². The molecule has 1 fully saturated rings. The molecule has 3 aromatic carbocycles. The van der Waals surface area contributed by atoms with Crippen LogP contribution in [0.15, 0.2) is 72.8 Å². The van der Waals surface area contributed by atoms with Gasteiger partial charge in [0.2, 0.25) is 11.8 Å². The minimum absolute atomic E-state index is 0.0441. The lowest BCUT2D eigenvalue weighted by atomic mass is 9.93. The second-order valence-electron chi connectivity index (χ2n) is 8.24. The summed E-state index contributed by atoms with van der Waals surface area (Å²) in [5, 5.41) is 5.09. The van der Waals surface area contributed by atoms with Crippen molar-refractivity contribution in [1.29, 1.82) is 0 Å². The molecule has 1 unspecified atom stereocenters. The summed E-state index contributed by atoms with van der Waals surface area (Å²) < 4.78 is 29.7. The van der Waals surface area contributed by atoms with Gasteiger partial charge in [-0.3, -0.25) is 9.59 Å². The molecule has 1 heterocycles. The third-order valence-electron chi connectivity index (χ3n) is 5.50. The highest BCUT2D eigenvalue weighted by molar-refractivity contribution is 6.19. The molecule has 2 N–H and O–H groups in total. The molecule has 6 nitrogen and oxygen atoms in total. The first-order valence-electron chi connectivity index (χ1n) is 10.8. The van der Waals surface area contributed by atoms with Crippen LogP contribution in [0, 0.1) is 23.5 Å². The van der Waals surface area contributed by atoms with Crippen LogP contribution in [0.2, 0.25) is 0 Å². The molecule has 0 saturated carbocycles. The van der Waals surface area contributed by atoms with Crippen molar-refractivity contribution < 1.29 is 23.2 Å². The molecule has 176 valence electrons. The molecule has 4 amide bonds. The molecule has 0 bridgehead atoms. The Kier molecular flexibility index (Phi) is 6.60. The number of amides is 4. The lowest BCUT2D eigenvalue weighted by Crippen LogP contribution is -2.66. The van der Waals surface area contributed by atoms with Crippen molar-refractivity contribution in [2.75, 3.05) is 4.90 Å². The Hall–Kier alpha value is -4.51. The summed E-state index contributed by atoms with van der Waals surface area (Å²) in [4.78, 5) is 38.7. The van der Waals surface area contributed by atoms with Gasteiger partial charge in [-0.2, -0.15) is 0 Å². The van der Waals surface area contributed by atoms with E-state index in [1.54, 1.807) is 24.3 Å². The zero-order valence-electron chi connectivity index (χ0n) is 18.8. The van der Waals surface area contributed by atoms with Gasteiger partial charge in [-0.1, -0.05) is 60.4 Å². The first kappa shape index (κ1) is 23.6. The summed E-state index contributed by atoms with van der Waals surface area (Å²) in [6, 6.07) is 18.8. The first-order valence-corrected chi connectivity index (χ1v) is 10.8. The van der Waals surface area contributed by atoms with E-state index < -0.39 is 47.1 Å². The Morgan fingerprint density at radius 3 is 2.14 bits per heavy atom. The van der Waals surface area contributed by atoms with Crippen molar-refractivity contribution in [3.63, 3.8) is 0 Å². The molecule has 1 aliphatic rings. The van der Waals surface area contributed by atoms with Crippen molar-refractivity contribution in [3.05, 3.63) is 101 Å². The van der Waals surface area contributed by atoms with Gasteiger partial charge in [-0.15, -0.1) is 0 Å². The molecule has 4 rings (SSSR count). The number of anilines is 1. The van der Waals surface area contributed by atoms with E-state index >= 15 is 0 Å². The van der Waals surface area contributed by atoms with E-state index in [2.05, 4.69) is 22.5 Å². The highest BCUT2D eigenvalue weighted by Crippen LogP contribution is 2.30. The summed E-state index contributed by atoms with van der Waals surface area (Å²) >= 11 is 0. The number of benzene rings is 3. The maximum Gasteiger partial charge on any atom is 0.329 e. The standard InChI is InChI=1S/C27H21F2N3O3/c1-27(25(34)30-17-19-10-6-3-7-11-19)16-23(33)32(26(35)31-27)24-21(28)14-20(15-22(24)29)13-12-18-8-4-2-5-9-18/h2-11,14-15H,16-17H2,1H3,(H,30,34)(H,31,35). The number of imide groups is 1. The van der Waals surface area contributed by atoms with E-state index in [-0.39, 0.29) is 12.1 Å². The summed E-state index contributed by atoms with van der Waals surface area (Å²) in [5.74, 6) is 1.71. The van der Waals surface area contributed by atoms with Gasteiger partial charge in [0, 0.05) is 17.7 Å². The Balaban J connectivity index is 1.51. The van der Waals surface area contributed by atoms with Gasteiger partial charge < -0.3 is 10.6 Å². The van der Waals surface area contributed by atoms with Crippen LogP contribution in [0.3, 0.4) is 0 Å². The molecular weight excluding hydrogens is 452 g/mol. The Morgan fingerprint density at radius 1 is 0.971 bits per heavy atom. The summed E-state index contributed by atoms with van der Waals surface area (Å²) in [5.41, 5.74) is -0.855. The van der Waals surface area contributed by atoms with Crippen LogP contribution in [0.1, 0.15) is 30.0 Å². The van der Waals surface area contributed by atoms with Crippen molar-refractivity contribution in [2.24, 2.45) is 0 Å². The van der Waals surface area contributed by atoms with Crippen LogP contribution in [0.4, 0.5) is 19.3 Å². The third kappa shape index (κ3) is 5.20. The SMILES string of the molecule is CC1(C(=O)NCc2ccccc2)CC(=O)N(c2c(F)cc(C#Cc3ccccc3)cc2F)C(=O)N1. The van der Waals surface area contributed by atoms with E-state index in [9.17, 15) is 23.2 Å². The topological polar surface area (TPSA) is 78.5 Å². The highest BCUT2D eigenvalue weighted by atomic mass is 19.1. The fourth-order valence-corrected chi connectivity index (χ4v) is 3.68. The summed E-state index contributed by atoms with van der Waals surface area (Å²) in [6.45, 7) is 1.58. The lowest BCUT2D eigenvalue weighted by molar-refractivity contribution is -0.132. The molecule has 3 aromatic rings. The molecule has 0 aliphatic carbocycles. The van der Waals surface area contributed by atoms with E-state index in [4.69, 9.17) is 0 Å². The Labute approximate surface area is 200 Å². The molecule has 0 spiro atoms. The second kappa shape index (κ2) is 9.77. The quantitative estimate of drug-likeness (QED) is 0.565. The van der Waals surface area contributed by atoms with Crippen LogP contribution in [-0.4, -0.2) is 23.4 Å². The normalized spacial score (nSPS) is 17.3. The van der Waals surface area contributed by atoms with Gasteiger partial charge in [-0.05, 0) is 36.8 Å². The number of nitrogens with one attached hydrogen (secondary N) is 2. The number of carbonyl (C=O) groups is 3. The number of nitrogens with zero attached hydrogens (tertiary/aromatic N) is 1. The minimum Gasteiger partial charge on any atom is -0.350 e. The van der Waals surface area contributed by atoms with Gasteiger partial charge in [0.1, 0.15) is 11.2 Å². The average molecular weight is 473 g/mol. The zero-order chi connectivity index (χ0) is 25.0. The summed E-state index contributed by atoms with van der Waals surface area (Å²) in [6.07, 6.45) is -0.478. The number of carbonyl (C=O) groups excluding carboxylic acids is 3. The van der Waals surface area contributed by atoms with Gasteiger partial charge in [0.15, 0.2) is 11.6 Å².